The van der Waals surface area contributed by atoms with E-state index in [2.05, 4.69) is 22.4 Å². The summed E-state index contributed by atoms with van der Waals surface area (Å²) in [5, 5.41) is 12.1. The molecule has 100 valence electrons. The Kier molecular flexibility index (Phi) is 3.36. The lowest BCUT2D eigenvalue weighted by Crippen LogP contribution is -2.03. The molecule has 0 saturated heterocycles. The highest BCUT2D eigenvalue weighted by Gasteiger charge is 2.34. The van der Waals surface area contributed by atoms with Gasteiger partial charge < -0.3 is 11.1 Å². The van der Waals surface area contributed by atoms with Crippen LogP contribution in [0.4, 0.5) is 5.82 Å². The van der Waals surface area contributed by atoms with Gasteiger partial charge in [0.2, 0.25) is 0 Å². The molecule has 4 nitrogen and oxygen atoms in total. The molecule has 1 aromatic carbocycles. The molecule has 1 aliphatic carbocycles. The summed E-state index contributed by atoms with van der Waals surface area (Å²) in [7, 11) is 0. The lowest BCUT2D eigenvalue weighted by atomic mass is 10.1. The van der Waals surface area contributed by atoms with Crippen LogP contribution in [0.2, 0.25) is 0 Å². The van der Waals surface area contributed by atoms with Crippen LogP contribution < -0.4 is 11.1 Å². The van der Waals surface area contributed by atoms with Crippen molar-refractivity contribution in [3.63, 3.8) is 0 Å². The highest BCUT2D eigenvalue weighted by Crippen LogP contribution is 2.38. The summed E-state index contributed by atoms with van der Waals surface area (Å²) >= 11 is 0. The van der Waals surface area contributed by atoms with Crippen LogP contribution in [0, 0.1) is 11.3 Å². The summed E-state index contributed by atoms with van der Waals surface area (Å²) in [6, 6.07) is 14.1. The van der Waals surface area contributed by atoms with Crippen molar-refractivity contribution in [1.29, 1.82) is 5.26 Å². The van der Waals surface area contributed by atoms with E-state index in [1.165, 1.54) is 5.56 Å². The first-order valence-corrected chi connectivity index (χ1v) is 6.71. The van der Waals surface area contributed by atoms with E-state index in [4.69, 9.17) is 11.0 Å². The second-order valence-corrected chi connectivity index (χ2v) is 5.15. The number of pyridine rings is 1. The predicted molar refractivity (Wildman–Crippen MR) is 78.1 cm³/mol. The average molecular weight is 264 g/mol. The number of nitrogens with zero attached hydrogens (tertiary/aromatic N) is 2. The van der Waals surface area contributed by atoms with Crippen molar-refractivity contribution in [2.45, 2.75) is 24.9 Å². The first-order valence-electron chi connectivity index (χ1n) is 6.71. The molecule has 4 heteroatoms. The number of anilines is 1. The quantitative estimate of drug-likeness (QED) is 0.889. The van der Waals surface area contributed by atoms with Crippen LogP contribution in [0.3, 0.4) is 0 Å². The molecule has 20 heavy (non-hydrogen) atoms. The SMILES string of the molecule is N#Cc1cccc(CNc2ccc([C@@H]3C[C@H]3N)cn2)c1. The molecule has 3 rings (SSSR count). The molecule has 1 heterocycles. The number of aromatic nitrogens is 1. The highest BCUT2D eigenvalue weighted by atomic mass is 15.0. The molecule has 1 aliphatic rings. The van der Waals surface area contributed by atoms with Gasteiger partial charge in [0.05, 0.1) is 11.6 Å². The maximum absolute atomic E-state index is 8.86. The Morgan fingerprint density at radius 1 is 1.35 bits per heavy atom. The first kappa shape index (κ1) is 12.6. The molecule has 1 aromatic heterocycles. The van der Waals surface area contributed by atoms with E-state index >= 15 is 0 Å². The third-order valence-corrected chi connectivity index (χ3v) is 3.58. The summed E-state index contributed by atoms with van der Waals surface area (Å²) < 4.78 is 0. The molecule has 0 aliphatic heterocycles. The smallest absolute Gasteiger partial charge is 0.126 e. The van der Waals surface area contributed by atoms with Crippen LogP contribution in [-0.4, -0.2) is 11.0 Å². The summed E-state index contributed by atoms with van der Waals surface area (Å²) in [4.78, 5) is 4.40. The summed E-state index contributed by atoms with van der Waals surface area (Å²) in [5.41, 5.74) is 8.79. The third kappa shape index (κ3) is 2.79. The molecule has 3 N–H and O–H groups in total. The Balaban J connectivity index is 1.62. The van der Waals surface area contributed by atoms with Gasteiger partial charge in [0.25, 0.3) is 0 Å². The normalized spacial score (nSPS) is 20.2. The predicted octanol–water partition coefficient (Wildman–Crippen LogP) is 2.38. The number of nitriles is 1. The van der Waals surface area contributed by atoms with Gasteiger partial charge in [0.15, 0.2) is 0 Å². The number of hydrogen-bond donors (Lipinski definition) is 2. The Labute approximate surface area is 118 Å². The van der Waals surface area contributed by atoms with Gasteiger partial charge in [0, 0.05) is 24.7 Å². The van der Waals surface area contributed by atoms with Crippen molar-refractivity contribution >= 4 is 5.82 Å². The number of benzene rings is 1. The Morgan fingerprint density at radius 3 is 2.85 bits per heavy atom. The molecular weight excluding hydrogens is 248 g/mol. The fraction of sp³-hybridized carbons (Fsp3) is 0.250. The van der Waals surface area contributed by atoms with E-state index in [0.29, 0.717) is 24.1 Å². The van der Waals surface area contributed by atoms with Crippen molar-refractivity contribution < 1.29 is 0 Å². The van der Waals surface area contributed by atoms with Crippen molar-refractivity contribution in [2.24, 2.45) is 5.73 Å². The second kappa shape index (κ2) is 5.32. The number of nitrogens with two attached hydrogens (primary N) is 1. The Morgan fingerprint density at radius 2 is 2.20 bits per heavy atom. The summed E-state index contributed by atoms with van der Waals surface area (Å²) in [6.07, 6.45) is 2.96. The van der Waals surface area contributed by atoms with Crippen molar-refractivity contribution in [3.05, 3.63) is 59.3 Å². The van der Waals surface area contributed by atoms with E-state index in [1.54, 1.807) is 6.07 Å². The molecule has 2 aromatic rings. The van der Waals surface area contributed by atoms with Crippen molar-refractivity contribution in [1.82, 2.24) is 4.98 Å². The maximum Gasteiger partial charge on any atom is 0.126 e. The first-order chi connectivity index (χ1) is 9.76. The van der Waals surface area contributed by atoms with Gasteiger partial charge in [-0.1, -0.05) is 18.2 Å². The molecule has 2 atom stereocenters. The average Bonchev–Trinajstić information content (AvgIpc) is 3.23. The zero-order chi connectivity index (χ0) is 13.9. The molecule has 0 unspecified atom stereocenters. The van der Waals surface area contributed by atoms with Gasteiger partial charge in [-0.15, -0.1) is 0 Å². The Bertz CT molecular complexity index is 642. The van der Waals surface area contributed by atoms with Crippen LogP contribution >= 0.6 is 0 Å². The van der Waals surface area contributed by atoms with Gasteiger partial charge in [0.1, 0.15) is 5.82 Å². The van der Waals surface area contributed by atoms with E-state index in [1.807, 2.05) is 30.5 Å². The summed E-state index contributed by atoms with van der Waals surface area (Å²) in [6.45, 7) is 0.658. The van der Waals surface area contributed by atoms with Gasteiger partial charge in [-0.05, 0) is 35.7 Å². The lowest BCUT2D eigenvalue weighted by molar-refractivity contribution is 0.978. The van der Waals surface area contributed by atoms with Crippen LogP contribution in [0.25, 0.3) is 0 Å². The fourth-order valence-corrected chi connectivity index (χ4v) is 2.27. The lowest BCUT2D eigenvalue weighted by Gasteiger charge is -2.07. The van der Waals surface area contributed by atoms with E-state index in [0.717, 1.165) is 17.8 Å². The van der Waals surface area contributed by atoms with Gasteiger partial charge >= 0.3 is 0 Å². The fourth-order valence-electron chi connectivity index (χ4n) is 2.27. The van der Waals surface area contributed by atoms with Gasteiger partial charge in [-0.2, -0.15) is 5.26 Å². The van der Waals surface area contributed by atoms with E-state index in [-0.39, 0.29) is 0 Å². The molecule has 0 amide bonds. The standard InChI is InChI=1S/C16H16N4/c17-8-11-2-1-3-12(6-11)9-19-16-5-4-13(10-20-16)14-7-15(14)18/h1-6,10,14-15H,7,9,18H2,(H,19,20)/t14-,15+/m0/s1. The molecule has 0 bridgehead atoms. The molecule has 0 spiro atoms. The Hall–Kier alpha value is -2.38. The monoisotopic (exact) mass is 264 g/mol. The van der Waals surface area contributed by atoms with Gasteiger partial charge in [-0.25, -0.2) is 4.98 Å². The van der Waals surface area contributed by atoms with Gasteiger partial charge in [-0.3, -0.25) is 0 Å². The van der Waals surface area contributed by atoms with Crippen LogP contribution in [0.1, 0.15) is 29.0 Å². The van der Waals surface area contributed by atoms with Crippen LogP contribution in [0.5, 0.6) is 0 Å². The van der Waals surface area contributed by atoms with Crippen molar-refractivity contribution in [2.75, 3.05) is 5.32 Å². The summed E-state index contributed by atoms with van der Waals surface area (Å²) in [5.74, 6) is 1.33. The zero-order valence-electron chi connectivity index (χ0n) is 11.1. The topological polar surface area (TPSA) is 74.7 Å². The maximum atomic E-state index is 8.86. The minimum Gasteiger partial charge on any atom is -0.366 e. The number of hydrogen-bond acceptors (Lipinski definition) is 4. The minimum atomic E-state index is 0.310. The third-order valence-electron chi connectivity index (χ3n) is 3.58. The number of nitrogens with one attached hydrogen (secondary N) is 1. The van der Waals surface area contributed by atoms with E-state index < -0.39 is 0 Å². The van der Waals surface area contributed by atoms with Crippen LogP contribution in [-0.2, 0) is 6.54 Å². The van der Waals surface area contributed by atoms with E-state index in [9.17, 15) is 0 Å². The minimum absolute atomic E-state index is 0.310. The molecule has 1 fully saturated rings. The molecule has 0 radical (unpaired) electrons. The second-order valence-electron chi connectivity index (χ2n) is 5.15. The zero-order valence-corrected chi connectivity index (χ0v) is 11.1. The largest absolute Gasteiger partial charge is 0.366 e. The highest BCUT2D eigenvalue weighted by molar-refractivity contribution is 5.40. The molecular formula is C16H16N4. The molecule has 1 saturated carbocycles. The van der Waals surface area contributed by atoms with Crippen LogP contribution in [0.15, 0.2) is 42.6 Å². The number of rotatable bonds is 4. The van der Waals surface area contributed by atoms with Crippen molar-refractivity contribution in [3.8, 4) is 6.07 Å².